The lowest BCUT2D eigenvalue weighted by molar-refractivity contribution is -0.0485. The number of aliphatic hydroxyl groups is 1. The second kappa shape index (κ2) is 15.0. The minimum atomic E-state index is -2.31. The van der Waals surface area contributed by atoms with Crippen LogP contribution < -0.4 is 10.1 Å². The Labute approximate surface area is 323 Å². The summed E-state index contributed by atoms with van der Waals surface area (Å²) in [5, 5.41) is 16.8. The molecule has 11 heteroatoms. The molecule has 1 saturated heterocycles. The maximum atomic E-state index is 12.2. The van der Waals surface area contributed by atoms with Crippen LogP contribution in [0.4, 0.5) is 5.82 Å². The normalized spacial score (nSPS) is 20.0. The Balaban J connectivity index is 1.43. The van der Waals surface area contributed by atoms with Crippen LogP contribution in [0.25, 0.3) is 11.0 Å². The average Bonchev–Trinajstić information content (AvgIpc) is 3.70. The molecule has 2 N–H and O–H groups in total. The van der Waals surface area contributed by atoms with Crippen molar-refractivity contribution in [2.45, 2.75) is 108 Å². The van der Waals surface area contributed by atoms with Gasteiger partial charge in [-0.1, -0.05) is 114 Å². The fourth-order valence-corrected chi connectivity index (χ4v) is 8.98. The number of methoxy groups -OCH3 is 1. The van der Waals surface area contributed by atoms with Crippen molar-refractivity contribution in [1.82, 2.24) is 14.5 Å². The summed E-state index contributed by atoms with van der Waals surface area (Å²) in [6.07, 6.45) is 0.752. The standard InChI is InChI=1S/C43H58N4O5Si2/c1-41(2,3)53(8,9)50-28-35-37(52-54(10,11)42(4,5)6)36(48)40(51-35)47-27-26-34-38(44-29-45-39(34)47)46-43(30-18-14-12-15-19-30,31-20-16-13-17-21-31)32-22-24-33(49-7)25-23-32/h12-27,29,35-37,40,48H,28H2,1-11H3,(H,44,45,46)/t35-,36-,37-,40-/m1/s1. The van der Waals surface area contributed by atoms with Gasteiger partial charge >= 0.3 is 0 Å². The SMILES string of the molecule is COc1ccc(C(Nc2ncnc3c2ccn3[C@@H]2O[C@H](CO[Si](C)(C)C(C)(C)C)[C@@H](O[Si](C)(C)C(C)(C)C)[C@H]2O)(c2ccccc2)c2ccccc2)cc1. The topological polar surface area (TPSA) is 99.9 Å². The Kier molecular flexibility index (Phi) is 11.1. The molecule has 6 rings (SSSR count). The molecule has 288 valence electrons. The Bertz CT molecular complexity index is 1970. The first-order valence-corrected chi connectivity index (χ1v) is 24.7. The molecule has 0 radical (unpaired) electrons. The molecule has 0 aliphatic carbocycles. The molecule has 0 spiro atoms. The number of nitrogens with one attached hydrogen (secondary N) is 1. The molecule has 1 aliphatic rings. The molecule has 3 aromatic carbocycles. The van der Waals surface area contributed by atoms with Gasteiger partial charge < -0.3 is 33.3 Å². The van der Waals surface area contributed by atoms with Crippen molar-refractivity contribution in [3.05, 3.63) is 120 Å². The van der Waals surface area contributed by atoms with E-state index in [1.54, 1.807) is 13.4 Å². The molecule has 9 nitrogen and oxygen atoms in total. The Hall–Kier alpha value is -3.85. The molecule has 5 aromatic rings. The number of hydrogen-bond acceptors (Lipinski definition) is 8. The van der Waals surface area contributed by atoms with Gasteiger partial charge in [-0.25, -0.2) is 9.97 Å². The summed E-state index contributed by atoms with van der Waals surface area (Å²) in [5.74, 6) is 1.41. The van der Waals surface area contributed by atoms with E-state index in [2.05, 4.69) is 134 Å². The lowest BCUT2D eigenvalue weighted by Crippen LogP contribution is -2.51. The minimum absolute atomic E-state index is 0.0247. The highest BCUT2D eigenvalue weighted by molar-refractivity contribution is 6.74. The number of fused-ring (bicyclic) bond motifs is 1. The largest absolute Gasteiger partial charge is 0.497 e. The first-order valence-electron chi connectivity index (χ1n) is 18.9. The lowest BCUT2D eigenvalue weighted by Gasteiger charge is -2.41. The summed E-state index contributed by atoms with van der Waals surface area (Å²) >= 11 is 0. The van der Waals surface area contributed by atoms with Crippen molar-refractivity contribution < 1.29 is 23.4 Å². The van der Waals surface area contributed by atoms with Gasteiger partial charge in [-0.15, -0.1) is 0 Å². The minimum Gasteiger partial charge on any atom is -0.497 e. The van der Waals surface area contributed by atoms with Crippen molar-refractivity contribution in [2.24, 2.45) is 0 Å². The van der Waals surface area contributed by atoms with Gasteiger partial charge in [0.25, 0.3) is 0 Å². The van der Waals surface area contributed by atoms with E-state index in [0.717, 1.165) is 27.8 Å². The molecule has 1 aliphatic heterocycles. The second-order valence-electron chi connectivity index (χ2n) is 17.5. The van der Waals surface area contributed by atoms with Crippen molar-refractivity contribution in [3.8, 4) is 5.75 Å². The van der Waals surface area contributed by atoms with Gasteiger partial charge in [0, 0.05) is 6.20 Å². The van der Waals surface area contributed by atoms with Crippen LogP contribution in [0.5, 0.6) is 5.75 Å². The van der Waals surface area contributed by atoms with Crippen molar-refractivity contribution >= 4 is 33.5 Å². The Morgan fingerprint density at radius 1 is 0.759 bits per heavy atom. The Morgan fingerprint density at radius 2 is 1.31 bits per heavy atom. The zero-order chi connectivity index (χ0) is 39.1. The molecule has 0 amide bonds. The summed E-state index contributed by atoms with van der Waals surface area (Å²) < 4.78 is 27.9. The van der Waals surface area contributed by atoms with Gasteiger partial charge in [-0.05, 0) is 71.2 Å². The summed E-state index contributed by atoms with van der Waals surface area (Å²) in [6, 6.07) is 30.9. The number of aromatic nitrogens is 3. The number of anilines is 1. The van der Waals surface area contributed by atoms with Gasteiger partial charge in [0.15, 0.2) is 22.9 Å². The number of rotatable bonds is 12. The fraction of sp³-hybridized carbons (Fsp3) is 0.442. The third-order valence-electron chi connectivity index (χ3n) is 12.0. The van der Waals surface area contributed by atoms with E-state index < -0.39 is 46.7 Å². The molecule has 4 atom stereocenters. The third kappa shape index (κ3) is 7.54. The van der Waals surface area contributed by atoms with E-state index in [1.807, 2.05) is 41.1 Å². The van der Waals surface area contributed by atoms with E-state index in [-0.39, 0.29) is 10.1 Å². The highest BCUT2D eigenvalue weighted by Crippen LogP contribution is 2.45. The highest BCUT2D eigenvalue weighted by atomic mass is 28.4. The lowest BCUT2D eigenvalue weighted by atomic mass is 9.77. The van der Waals surface area contributed by atoms with E-state index in [4.69, 9.17) is 28.3 Å². The van der Waals surface area contributed by atoms with Crippen LogP contribution in [0, 0.1) is 0 Å². The van der Waals surface area contributed by atoms with Gasteiger partial charge in [0.05, 0.1) is 19.1 Å². The molecular formula is C43H58N4O5Si2. The van der Waals surface area contributed by atoms with Crippen LogP contribution in [-0.4, -0.2) is 68.3 Å². The molecule has 1 fully saturated rings. The highest BCUT2D eigenvalue weighted by Gasteiger charge is 2.51. The first kappa shape index (κ1) is 39.8. The van der Waals surface area contributed by atoms with Crippen LogP contribution in [0.15, 0.2) is 104 Å². The summed E-state index contributed by atoms with van der Waals surface area (Å²) in [6.45, 7) is 22.6. The van der Waals surface area contributed by atoms with Crippen molar-refractivity contribution in [1.29, 1.82) is 0 Å². The predicted octanol–water partition coefficient (Wildman–Crippen LogP) is 9.51. The molecule has 2 aromatic heterocycles. The van der Waals surface area contributed by atoms with Crippen LogP contribution in [0.2, 0.25) is 36.3 Å². The Morgan fingerprint density at radius 3 is 1.85 bits per heavy atom. The van der Waals surface area contributed by atoms with Crippen LogP contribution in [0.1, 0.15) is 64.5 Å². The summed E-state index contributed by atoms with van der Waals surface area (Å²) in [4.78, 5) is 9.63. The average molecular weight is 767 g/mol. The number of ether oxygens (including phenoxy) is 2. The zero-order valence-electron chi connectivity index (χ0n) is 33.8. The number of benzene rings is 3. The summed E-state index contributed by atoms with van der Waals surface area (Å²) in [5.41, 5.74) is 2.89. The first-order chi connectivity index (χ1) is 25.4. The van der Waals surface area contributed by atoms with Crippen molar-refractivity contribution in [2.75, 3.05) is 19.0 Å². The second-order valence-corrected chi connectivity index (χ2v) is 27.1. The number of nitrogens with zero attached hydrogens (tertiary/aromatic N) is 3. The summed E-state index contributed by atoms with van der Waals surface area (Å²) in [7, 11) is -2.75. The van der Waals surface area contributed by atoms with Gasteiger partial charge in [-0.3, -0.25) is 0 Å². The van der Waals surface area contributed by atoms with E-state index in [0.29, 0.717) is 18.1 Å². The van der Waals surface area contributed by atoms with E-state index >= 15 is 0 Å². The van der Waals surface area contributed by atoms with Gasteiger partial charge in [-0.2, -0.15) is 0 Å². The van der Waals surface area contributed by atoms with Gasteiger partial charge in [0.1, 0.15) is 47.4 Å². The van der Waals surface area contributed by atoms with Crippen LogP contribution in [0.3, 0.4) is 0 Å². The molecule has 54 heavy (non-hydrogen) atoms. The number of aliphatic hydroxyl groups excluding tert-OH is 1. The maximum absolute atomic E-state index is 12.2. The zero-order valence-corrected chi connectivity index (χ0v) is 35.8. The molecule has 0 saturated carbocycles. The van der Waals surface area contributed by atoms with Crippen LogP contribution >= 0.6 is 0 Å². The molecule has 0 unspecified atom stereocenters. The van der Waals surface area contributed by atoms with E-state index in [9.17, 15) is 5.11 Å². The predicted molar refractivity (Wildman–Crippen MR) is 222 cm³/mol. The van der Waals surface area contributed by atoms with Gasteiger partial charge in [0.2, 0.25) is 0 Å². The molecule has 3 heterocycles. The monoisotopic (exact) mass is 766 g/mol. The van der Waals surface area contributed by atoms with Crippen molar-refractivity contribution in [3.63, 3.8) is 0 Å². The molecule has 0 bridgehead atoms. The third-order valence-corrected chi connectivity index (χ3v) is 21.0. The fourth-order valence-electron chi connectivity index (χ4n) is 6.64. The number of hydrogen-bond donors (Lipinski definition) is 2. The van der Waals surface area contributed by atoms with Crippen LogP contribution in [-0.2, 0) is 19.1 Å². The smallest absolute Gasteiger partial charge is 0.192 e. The quantitative estimate of drug-likeness (QED) is 0.0958. The van der Waals surface area contributed by atoms with E-state index in [1.165, 1.54) is 0 Å². The maximum Gasteiger partial charge on any atom is 0.192 e. The molecular weight excluding hydrogens is 709 g/mol.